The first-order chi connectivity index (χ1) is 13.6. The Morgan fingerprint density at radius 3 is 2.31 bits per heavy atom. The number of hydrogen-bond acceptors (Lipinski definition) is 6. The summed E-state index contributed by atoms with van der Waals surface area (Å²) in [7, 11) is -2.21. The van der Waals surface area contributed by atoms with Crippen molar-refractivity contribution in [3.8, 4) is 5.75 Å². The van der Waals surface area contributed by atoms with Crippen LogP contribution in [0.3, 0.4) is 0 Å². The highest BCUT2D eigenvalue weighted by atomic mass is 32.2. The molecule has 0 unspecified atom stereocenters. The maximum absolute atomic E-state index is 12.4. The second-order valence-electron chi connectivity index (χ2n) is 6.64. The topological polar surface area (TPSA) is 98.8 Å². The van der Waals surface area contributed by atoms with Gasteiger partial charge in [-0.3, -0.25) is 9.59 Å². The molecule has 1 atom stereocenters. The van der Waals surface area contributed by atoms with E-state index < -0.39 is 22.1 Å². The molecule has 7 nitrogen and oxygen atoms in total. The lowest BCUT2D eigenvalue weighted by Crippen LogP contribution is -2.29. The summed E-state index contributed by atoms with van der Waals surface area (Å²) in [5.41, 5.74) is 1.97. The lowest BCUT2D eigenvalue weighted by molar-refractivity contribution is -0.146. The molecule has 0 heterocycles. The van der Waals surface area contributed by atoms with Gasteiger partial charge >= 0.3 is 5.97 Å². The number of ketones is 1. The number of nitrogens with one attached hydrogen (secondary N) is 1. The Morgan fingerprint density at radius 1 is 1.07 bits per heavy atom. The van der Waals surface area contributed by atoms with Gasteiger partial charge in [-0.15, -0.1) is 0 Å². The highest BCUT2D eigenvalue weighted by Crippen LogP contribution is 2.16. The van der Waals surface area contributed by atoms with Gasteiger partial charge in [0.2, 0.25) is 15.8 Å². The molecule has 0 aliphatic carbocycles. The number of methoxy groups -OCH3 is 1. The van der Waals surface area contributed by atoms with E-state index >= 15 is 0 Å². The Bertz CT molecular complexity index is 983. The van der Waals surface area contributed by atoms with Crippen molar-refractivity contribution in [1.29, 1.82) is 0 Å². The van der Waals surface area contributed by atoms with Gasteiger partial charge in [0.25, 0.3) is 0 Å². The molecule has 29 heavy (non-hydrogen) atoms. The first-order valence-electron chi connectivity index (χ1n) is 9.08. The smallest absolute Gasteiger partial charge is 0.307 e. The van der Waals surface area contributed by atoms with E-state index in [0.717, 1.165) is 5.56 Å². The summed E-state index contributed by atoms with van der Waals surface area (Å²) in [6.45, 7) is 4.94. The third-order valence-corrected chi connectivity index (χ3v) is 5.91. The molecule has 2 aromatic carbocycles. The van der Waals surface area contributed by atoms with E-state index in [1.807, 2.05) is 6.92 Å². The van der Waals surface area contributed by atoms with Crippen molar-refractivity contribution in [1.82, 2.24) is 4.72 Å². The second kappa shape index (κ2) is 9.67. The molecule has 0 saturated carbocycles. The van der Waals surface area contributed by atoms with Crippen LogP contribution in [0.1, 0.15) is 34.8 Å². The minimum atomic E-state index is -3.73. The van der Waals surface area contributed by atoms with Crippen LogP contribution in [0.25, 0.3) is 0 Å². The number of aryl methyl sites for hydroxylation is 2. The van der Waals surface area contributed by atoms with Crippen molar-refractivity contribution in [2.45, 2.75) is 38.2 Å². The summed E-state index contributed by atoms with van der Waals surface area (Å²) in [6.07, 6.45) is -1.17. The zero-order valence-corrected chi connectivity index (χ0v) is 17.7. The maximum atomic E-state index is 12.4. The van der Waals surface area contributed by atoms with Gasteiger partial charge in [0.15, 0.2) is 6.10 Å². The SMILES string of the molecule is COc1ccc(C(=O)[C@H](C)OC(=O)CCNS(=O)(=O)c2ccc(C)cc2C)cc1. The molecule has 0 spiro atoms. The summed E-state index contributed by atoms with van der Waals surface area (Å²) in [5.74, 6) is -0.401. The summed E-state index contributed by atoms with van der Waals surface area (Å²) in [5, 5.41) is 0. The highest BCUT2D eigenvalue weighted by Gasteiger charge is 2.21. The number of ether oxygens (including phenoxy) is 2. The molecule has 0 aliphatic rings. The largest absolute Gasteiger partial charge is 0.497 e. The summed E-state index contributed by atoms with van der Waals surface area (Å²) in [4.78, 5) is 24.5. The second-order valence-corrected chi connectivity index (χ2v) is 8.38. The van der Waals surface area contributed by atoms with Gasteiger partial charge in [-0.25, -0.2) is 13.1 Å². The first kappa shape index (κ1) is 22.6. The van der Waals surface area contributed by atoms with Crippen molar-refractivity contribution in [2.75, 3.05) is 13.7 Å². The minimum Gasteiger partial charge on any atom is -0.497 e. The van der Waals surface area contributed by atoms with E-state index in [1.54, 1.807) is 43.3 Å². The van der Waals surface area contributed by atoms with Crippen LogP contribution in [-0.2, 0) is 19.6 Å². The Kier molecular flexibility index (Phi) is 7.53. The molecule has 156 valence electrons. The van der Waals surface area contributed by atoms with Crippen molar-refractivity contribution in [3.63, 3.8) is 0 Å². The number of rotatable bonds is 9. The van der Waals surface area contributed by atoms with Gasteiger partial charge in [0, 0.05) is 12.1 Å². The molecule has 2 aromatic rings. The Labute approximate surface area is 171 Å². The number of sulfonamides is 1. The summed E-state index contributed by atoms with van der Waals surface area (Å²) >= 11 is 0. The number of benzene rings is 2. The zero-order chi connectivity index (χ0) is 21.6. The molecule has 2 rings (SSSR count). The number of hydrogen-bond donors (Lipinski definition) is 1. The molecule has 0 bridgehead atoms. The highest BCUT2D eigenvalue weighted by molar-refractivity contribution is 7.89. The Hall–Kier alpha value is -2.71. The third-order valence-electron chi connectivity index (χ3n) is 4.29. The molecule has 0 fully saturated rings. The average Bonchev–Trinajstić information content (AvgIpc) is 2.66. The third kappa shape index (κ3) is 6.13. The minimum absolute atomic E-state index is 0.127. The van der Waals surface area contributed by atoms with E-state index in [2.05, 4.69) is 4.72 Å². The fourth-order valence-electron chi connectivity index (χ4n) is 2.77. The monoisotopic (exact) mass is 419 g/mol. The van der Waals surface area contributed by atoms with Gasteiger partial charge in [-0.05, 0) is 56.7 Å². The van der Waals surface area contributed by atoms with Gasteiger partial charge < -0.3 is 9.47 Å². The van der Waals surface area contributed by atoms with Crippen LogP contribution in [0.2, 0.25) is 0 Å². The van der Waals surface area contributed by atoms with E-state index in [9.17, 15) is 18.0 Å². The van der Waals surface area contributed by atoms with Crippen LogP contribution >= 0.6 is 0 Å². The summed E-state index contributed by atoms with van der Waals surface area (Å²) < 4.78 is 37.3. The molecule has 0 amide bonds. The van der Waals surface area contributed by atoms with E-state index in [1.165, 1.54) is 20.1 Å². The van der Waals surface area contributed by atoms with Crippen LogP contribution in [-0.4, -0.2) is 39.9 Å². The Balaban J connectivity index is 1.87. The number of Topliss-reactive ketones (excluding diaryl/α,β-unsaturated/α-hetero) is 1. The quantitative estimate of drug-likeness (QED) is 0.496. The van der Waals surface area contributed by atoms with Crippen LogP contribution in [0.5, 0.6) is 5.75 Å². The van der Waals surface area contributed by atoms with Gasteiger partial charge in [0.1, 0.15) is 5.75 Å². The van der Waals surface area contributed by atoms with Gasteiger partial charge in [0.05, 0.1) is 18.4 Å². The van der Waals surface area contributed by atoms with Crippen LogP contribution < -0.4 is 9.46 Å². The Morgan fingerprint density at radius 2 is 1.72 bits per heavy atom. The number of carbonyl (C=O) groups is 2. The molecule has 0 aliphatic heterocycles. The average molecular weight is 419 g/mol. The van der Waals surface area contributed by atoms with E-state index in [4.69, 9.17) is 9.47 Å². The molecular weight excluding hydrogens is 394 g/mol. The molecular formula is C21H25NO6S. The fraction of sp³-hybridized carbons (Fsp3) is 0.333. The molecule has 0 saturated heterocycles. The van der Waals surface area contributed by atoms with Crippen molar-refractivity contribution < 1.29 is 27.5 Å². The maximum Gasteiger partial charge on any atom is 0.307 e. The zero-order valence-electron chi connectivity index (χ0n) is 16.9. The predicted octanol–water partition coefficient (Wildman–Crippen LogP) is 2.80. The van der Waals surface area contributed by atoms with E-state index in [0.29, 0.717) is 16.9 Å². The fourth-order valence-corrected chi connectivity index (χ4v) is 4.02. The van der Waals surface area contributed by atoms with Crippen LogP contribution in [0.4, 0.5) is 0 Å². The predicted molar refractivity (Wildman–Crippen MR) is 109 cm³/mol. The van der Waals surface area contributed by atoms with E-state index in [-0.39, 0.29) is 23.6 Å². The van der Waals surface area contributed by atoms with Gasteiger partial charge in [-0.2, -0.15) is 0 Å². The van der Waals surface area contributed by atoms with Crippen molar-refractivity contribution in [3.05, 3.63) is 59.2 Å². The normalized spacial score (nSPS) is 12.3. The molecule has 8 heteroatoms. The molecule has 0 radical (unpaired) electrons. The standard InChI is InChI=1S/C21H25NO6S/c1-14-5-10-19(15(2)13-14)29(25,26)22-12-11-20(23)28-16(3)21(24)17-6-8-18(27-4)9-7-17/h5-10,13,16,22H,11-12H2,1-4H3/t16-/m0/s1. The first-order valence-corrected chi connectivity index (χ1v) is 10.6. The number of esters is 1. The van der Waals surface area contributed by atoms with Crippen molar-refractivity contribution >= 4 is 21.8 Å². The van der Waals surface area contributed by atoms with Gasteiger partial charge in [-0.1, -0.05) is 17.7 Å². The lowest BCUT2D eigenvalue weighted by atomic mass is 10.1. The molecule has 0 aromatic heterocycles. The lowest BCUT2D eigenvalue weighted by Gasteiger charge is -2.13. The molecule has 1 N–H and O–H groups in total. The summed E-state index contributed by atoms with van der Waals surface area (Å²) in [6, 6.07) is 11.5. The van der Waals surface area contributed by atoms with Crippen LogP contribution in [0, 0.1) is 13.8 Å². The van der Waals surface area contributed by atoms with Crippen LogP contribution in [0.15, 0.2) is 47.4 Å². The van der Waals surface area contributed by atoms with Crippen molar-refractivity contribution in [2.24, 2.45) is 0 Å². The number of carbonyl (C=O) groups excluding carboxylic acids is 2.